The minimum Gasteiger partial charge on any atom is -0.489 e. The summed E-state index contributed by atoms with van der Waals surface area (Å²) in [5.74, 6) is 2.26. The van der Waals surface area contributed by atoms with Gasteiger partial charge in [-0.05, 0) is 37.8 Å². The Labute approximate surface area is 110 Å². The Morgan fingerprint density at radius 2 is 1.83 bits per heavy atom. The second-order valence-electron chi connectivity index (χ2n) is 5.61. The summed E-state index contributed by atoms with van der Waals surface area (Å²) in [4.78, 5) is 0. The Kier molecular flexibility index (Phi) is 4.00. The third-order valence-electron chi connectivity index (χ3n) is 3.43. The van der Waals surface area contributed by atoms with Gasteiger partial charge < -0.3 is 15.4 Å². The summed E-state index contributed by atoms with van der Waals surface area (Å²) in [6, 6.07) is 6.18. The van der Waals surface area contributed by atoms with Crippen molar-refractivity contribution in [3.8, 4) is 5.75 Å². The number of fused-ring (bicyclic) bond motifs is 1. The molecule has 1 atom stereocenters. The summed E-state index contributed by atoms with van der Waals surface area (Å²) in [6.45, 7) is 10.7. The SMILES string of the molecule is CC(C)Oc1cccc2c1NCC(C(C)C)CN2. The van der Waals surface area contributed by atoms with Gasteiger partial charge in [-0.3, -0.25) is 0 Å². The smallest absolute Gasteiger partial charge is 0.144 e. The van der Waals surface area contributed by atoms with Gasteiger partial charge in [0.05, 0.1) is 11.8 Å². The van der Waals surface area contributed by atoms with Crippen molar-refractivity contribution in [3.05, 3.63) is 18.2 Å². The quantitative estimate of drug-likeness (QED) is 0.857. The van der Waals surface area contributed by atoms with Gasteiger partial charge in [0.2, 0.25) is 0 Å². The molecule has 0 aliphatic carbocycles. The summed E-state index contributed by atoms with van der Waals surface area (Å²) in [7, 11) is 0. The van der Waals surface area contributed by atoms with Crippen LogP contribution in [0.3, 0.4) is 0 Å². The van der Waals surface area contributed by atoms with Gasteiger partial charge >= 0.3 is 0 Å². The van der Waals surface area contributed by atoms with E-state index in [1.165, 1.54) is 0 Å². The third kappa shape index (κ3) is 2.89. The van der Waals surface area contributed by atoms with Crippen molar-refractivity contribution in [1.82, 2.24) is 0 Å². The fourth-order valence-corrected chi connectivity index (χ4v) is 2.23. The standard InChI is InChI=1S/C15H24N2O/c1-10(2)12-8-16-13-6-5-7-14(18-11(3)4)15(13)17-9-12/h5-7,10-12,16-17H,8-9H2,1-4H3. The number of ether oxygens (including phenoxy) is 1. The largest absolute Gasteiger partial charge is 0.489 e. The first-order chi connectivity index (χ1) is 8.58. The van der Waals surface area contributed by atoms with Gasteiger partial charge in [-0.25, -0.2) is 0 Å². The Balaban J connectivity index is 2.21. The first-order valence-corrected chi connectivity index (χ1v) is 6.85. The van der Waals surface area contributed by atoms with Gasteiger partial charge in [0, 0.05) is 13.1 Å². The molecule has 2 N–H and O–H groups in total. The van der Waals surface area contributed by atoms with Crippen LogP contribution in [0.4, 0.5) is 11.4 Å². The lowest BCUT2D eigenvalue weighted by molar-refractivity contribution is 0.243. The Bertz CT molecular complexity index is 401. The fourth-order valence-electron chi connectivity index (χ4n) is 2.23. The second-order valence-corrected chi connectivity index (χ2v) is 5.61. The predicted octanol–water partition coefficient (Wildman–Crippen LogP) is 3.58. The summed E-state index contributed by atoms with van der Waals surface area (Å²) >= 11 is 0. The van der Waals surface area contributed by atoms with Crippen molar-refractivity contribution >= 4 is 11.4 Å². The van der Waals surface area contributed by atoms with E-state index in [-0.39, 0.29) is 6.10 Å². The lowest BCUT2D eigenvalue weighted by Gasteiger charge is -2.18. The molecule has 0 spiro atoms. The first-order valence-electron chi connectivity index (χ1n) is 6.85. The van der Waals surface area contributed by atoms with Crippen LogP contribution in [-0.2, 0) is 0 Å². The number of hydrogen-bond acceptors (Lipinski definition) is 3. The van der Waals surface area contributed by atoms with Crippen LogP contribution >= 0.6 is 0 Å². The molecule has 0 aromatic heterocycles. The Morgan fingerprint density at radius 3 is 2.50 bits per heavy atom. The van der Waals surface area contributed by atoms with Crippen molar-refractivity contribution in [2.45, 2.75) is 33.8 Å². The van der Waals surface area contributed by atoms with Crippen LogP contribution in [0.15, 0.2) is 18.2 Å². The van der Waals surface area contributed by atoms with E-state index < -0.39 is 0 Å². The lowest BCUT2D eigenvalue weighted by atomic mass is 9.96. The molecule has 0 amide bonds. The minimum atomic E-state index is 0.197. The molecule has 1 heterocycles. The maximum absolute atomic E-state index is 5.86. The van der Waals surface area contributed by atoms with E-state index in [0.29, 0.717) is 11.8 Å². The normalized spacial score (nSPS) is 18.9. The van der Waals surface area contributed by atoms with Crippen molar-refractivity contribution in [3.63, 3.8) is 0 Å². The molecule has 0 radical (unpaired) electrons. The number of para-hydroxylation sites is 1. The molecule has 3 nitrogen and oxygen atoms in total. The van der Waals surface area contributed by atoms with Gasteiger partial charge in [0.1, 0.15) is 11.4 Å². The number of nitrogens with one attached hydrogen (secondary N) is 2. The van der Waals surface area contributed by atoms with Crippen LogP contribution in [0.25, 0.3) is 0 Å². The third-order valence-corrected chi connectivity index (χ3v) is 3.43. The van der Waals surface area contributed by atoms with Crippen LogP contribution in [0, 0.1) is 11.8 Å². The minimum absolute atomic E-state index is 0.197. The summed E-state index contributed by atoms with van der Waals surface area (Å²) in [6.07, 6.45) is 0.197. The molecular weight excluding hydrogens is 224 g/mol. The highest BCUT2D eigenvalue weighted by Gasteiger charge is 2.20. The van der Waals surface area contributed by atoms with E-state index in [2.05, 4.69) is 44.4 Å². The van der Waals surface area contributed by atoms with Gasteiger partial charge in [0.15, 0.2) is 0 Å². The lowest BCUT2D eigenvalue weighted by Crippen LogP contribution is -2.23. The van der Waals surface area contributed by atoms with Crippen LogP contribution in [0.5, 0.6) is 5.75 Å². The molecule has 0 saturated heterocycles. The molecule has 18 heavy (non-hydrogen) atoms. The fraction of sp³-hybridized carbons (Fsp3) is 0.600. The molecule has 3 heteroatoms. The molecule has 1 aromatic rings. The van der Waals surface area contributed by atoms with Crippen molar-refractivity contribution in [2.24, 2.45) is 11.8 Å². The van der Waals surface area contributed by atoms with Crippen LogP contribution in [-0.4, -0.2) is 19.2 Å². The second kappa shape index (κ2) is 5.51. The molecule has 0 saturated carbocycles. The zero-order valence-electron chi connectivity index (χ0n) is 11.8. The molecule has 0 bridgehead atoms. The van der Waals surface area contributed by atoms with Crippen molar-refractivity contribution in [2.75, 3.05) is 23.7 Å². The van der Waals surface area contributed by atoms with Gasteiger partial charge in [-0.1, -0.05) is 19.9 Å². The zero-order valence-corrected chi connectivity index (χ0v) is 11.8. The summed E-state index contributed by atoms with van der Waals surface area (Å²) in [5, 5.41) is 7.07. The first kappa shape index (κ1) is 13.1. The summed E-state index contributed by atoms with van der Waals surface area (Å²) < 4.78 is 5.86. The topological polar surface area (TPSA) is 33.3 Å². The van der Waals surface area contributed by atoms with E-state index in [1.54, 1.807) is 0 Å². The molecule has 1 unspecified atom stereocenters. The highest BCUT2D eigenvalue weighted by Crippen LogP contribution is 2.35. The number of anilines is 2. The van der Waals surface area contributed by atoms with Gasteiger partial charge in [-0.15, -0.1) is 0 Å². The van der Waals surface area contributed by atoms with E-state index in [0.717, 1.165) is 30.2 Å². The van der Waals surface area contributed by atoms with E-state index in [1.807, 2.05) is 12.1 Å². The Morgan fingerprint density at radius 1 is 1.11 bits per heavy atom. The monoisotopic (exact) mass is 248 g/mol. The summed E-state index contributed by atoms with van der Waals surface area (Å²) in [5.41, 5.74) is 2.26. The molecule has 1 aromatic carbocycles. The highest BCUT2D eigenvalue weighted by molar-refractivity contribution is 5.76. The van der Waals surface area contributed by atoms with E-state index in [4.69, 9.17) is 4.74 Å². The van der Waals surface area contributed by atoms with E-state index in [9.17, 15) is 0 Å². The number of rotatable bonds is 3. The highest BCUT2D eigenvalue weighted by atomic mass is 16.5. The number of hydrogen-bond donors (Lipinski definition) is 2. The van der Waals surface area contributed by atoms with Gasteiger partial charge in [-0.2, -0.15) is 0 Å². The zero-order chi connectivity index (χ0) is 13.1. The van der Waals surface area contributed by atoms with Crippen LogP contribution in [0.1, 0.15) is 27.7 Å². The Hall–Kier alpha value is -1.38. The van der Waals surface area contributed by atoms with Crippen molar-refractivity contribution in [1.29, 1.82) is 0 Å². The molecule has 1 aliphatic heterocycles. The maximum Gasteiger partial charge on any atom is 0.144 e. The molecule has 1 aliphatic rings. The van der Waals surface area contributed by atoms with Crippen LogP contribution < -0.4 is 15.4 Å². The average molecular weight is 248 g/mol. The average Bonchev–Trinajstić information content (AvgIpc) is 2.51. The molecule has 2 rings (SSSR count). The maximum atomic E-state index is 5.86. The van der Waals surface area contributed by atoms with Crippen LogP contribution in [0.2, 0.25) is 0 Å². The van der Waals surface area contributed by atoms with Gasteiger partial charge in [0.25, 0.3) is 0 Å². The number of benzene rings is 1. The molecule has 100 valence electrons. The van der Waals surface area contributed by atoms with Crippen molar-refractivity contribution < 1.29 is 4.74 Å². The van der Waals surface area contributed by atoms with E-state index >= 15 is 0 Å². The molecule has 0 fully saturated rings. The predicted molar refractivity (Wildman–Crippen MR) is 77.5 cm³/mol. The molecular formula is C15H24N2O.